The second kappa shape index (κ2) is 13.6. The number of rotatable bonds is 9. The molecular weight excluding hydrogens is 515 g/mol. The number of guanidine groups is 1. The number of aryl methyl sites for hydroxylation is 1. The van der Waals surface area contributed by atoms with Gasteiger partial charge in [0.25, 0.3) is 5.91 Å². The van der Waals surface area contributed by atoms with Crippen molar-refractivity contribution in [3.63, 3.8) is 0 Å². The Morgan fingerprint density at radius 2 is 1.50 bits per heavy atom. The minimum atomic E-state index is -0.182. The first-order valence-electron chi connectivity index (χ1n) is 10.6. The molecule has 0 bridgehead atoms. The van der Waals surface area contributed by atoms with Gasteiger partial charge in [-0.2, -0.15) is 0 Å². The molecule has 2 aromatic carbocycles. The third-order valence-electron chi connectivity index (χ3n) is 5.10. The van der Waals surface area contributed by atoms with Crippen LogP contribution in [-0.4, -0.2) is 38.5 Å². The molecule has 3 aromatic rings. The van der Waals surface area contributed by atoms with Crippen molar-refractivity contribution >= 4 is 35.8 Å². The minimum Gasteiger partial charge on any atom is -0.459 e. The van der Waals surface area contributed by atoms with Crippen molar-refractivity contribution in [1.29, 1.82) is 0 Å². The zero-order chi connectivity index (χ0) is 21.9. The van der Waals surface area contributed by atoms with E-state index in [1.165, 1.54) is 17.4 Å². The maximum Gasteiger partial charge on any atom is 0.287 e. The summed E-state index contributed by atoms with van der Waals surface area (Å²) in [6, 6.07) is 22.7. The highest BCUT2D eigenvalue weighted by Gasteiger charge is 2.14. The Morgan fingerprint density at radius 1 is 0.906 bits per heavy atom. The quantitative estimate of drug-likeness (QED) is 0.162. The van der Waals surface area contributed by atoms with Crippen LogP contribution in [0.25, 0.3) is 0 Å². The van der Waals surface area contributed by atoms with E-state index in [4.69, 9.17) is 4.42 Å². The lowest BCUT2D eigenvalue weighted by Gasteiger charge is -2.20. The third kappa shape index (κ3) is 7.40. The Labute approximate surface area is 206 Å². The van der Waals surface area contributed by atoms with Gasteiger partial charge in [-0.15, -0.1) is 24.0 Å². The molecule has 0 saturated heterocycles. The van der Waals surface area contributed by atoms with Gasteiger partial charge < -0.3 is 20.4 Å². The van der Waals surface area contributed by atoms with Crippen molar-refractivity contribution in [2.45, 2.75) is 19.3 Å². The first kappa shape index (κ1) is 25.5. The molecule has 1 amide bonds. The van der Waals surface area contributed by atoms with E-state index in [-0.39, 0.29) is 35.8 Å². The van der Waals surface area contributed by atoms with Crippen LogP contribution in [0.15, 0.2) is 82.4 Å². The Balaban J connectivity index is 0.00000363. The maximum absolute atomic E-state index is 12.1. The van der Waals surface area contributed by atoms with Crippen LogP contribution >= 0.6 is 24.0 Å². The van der Waals surface area contributed by atoms with Crippen molar-refractivity contribution < 1.29 is 9.21 Å². The molecule has 0 aliphatic heterocycles. The summed E-state index contributed by atoms with van der Waals surface area (Å²) in [4.78, 5) is 16.4. The fourth-order valence-electron chi connectivity index (χ4n) is 3.40. The zero-order valence-corrected chi connectivity index (χ0v) is 20.8. The number of furan rings is 1. The van der Waals surface area contributed by atoms with Crippen LogP contribution in [0, 0.1) is 6.92 Å². The monoisotopic (exact) mass is 546 g/mol. The number of aliphatic imine (C=N–C) groups is 1. The van der Waals surface area contributed by atoms with E-state index in [1.54, 1.807) is 13.1 Å². The molecule has 170 valence electrons. The average molecular weight is 546 g/mol. The Morgan fingerprint density at radius 3 is 2.03 bits per heavy atom. The lowest BCUT2D eigenvalue weighted by molar-refractivity contribution is 0.0925. The van der Waals surface area contributed by atoms with Crippen molar-refractivity contribution in [1.82, 2.24) is 16.0 Å². The van der Waals surface area contributed by atoms with Crippen molar-refractivity contribution in [2.75, 3.05) is 26.7 Å². The molecule has 1 heterocycles. The van der Waals surface area contributed by atoms with Crippen LogP contribution in [0.4, 0.5) is 0 Å². The van der Waals surface area contributed by atoms with E-state index >= 15 is 0 Å². The number of carbonyl (C=O) groups excluding carboxylic acids is 1. The molecule has 3 rings (SSSR count). The van der Waals surface area contributed by atoms with E-state index in [0.29, 0.717) is 18.8 Å². The van der Waals surface area contributed by atoms with Crippen molar-refractivity contribution in [3.05, 3.63) is 95.4 Å². The summed E-state index contributed by atoms with van der Waals surface area (Å²) < 4.78 is 5.21. The van der Waals surface area contributed by atoms with Gasteiger partial charge in [-0.3, -0.25) is 9.79 Å². The molecule has 0 atom stereocenters. The highest BCUT2D eigenvalue weighted by Crippen LogP contribution is 2.23. The van der Waals surface area contributed by atoms with Crippen LogP contribution < -0.4 is 16.0 Å². The third-order valence-corrected chi connectivity index (χ3v) is 5.10. The van der Waals surface area contributed by atoms with Gasteiger partial charge in [-0.05, 0) is 30.5 Å². The maximum atomic E-state index is 12.1. The number of hydrogen-bond acceptors (Lipinski definition) is 3. The zero-order valence-electron chi connectivity index (χ0n) is 18.5. The van der Waals surface area contributed by atoms with Gasteiger partial charge in [0.1, 0.15) is 0 Å². The number of carbonyl (C=O) groups is 1. The first-order valence-corrected chi connectivity index (χ1v) is 10.6. The molecule has 0 spiro atoms. The Kier molecular flexibility index (Phi) is 10.8. The molecule has 1 aromatic heterocycles. The fraction of sp³-hybridized carbons (Fsp3) is 0.280. The average Bonchev–Trinajstić information content (AvgIpc) is 3.25. The Bertz CT molecular complexity index is 934. The molecular formula is C25H31IN4O2. The number of amides is 1. The molecule has 0 radical (unpaired) electrons. The summed E-state index contributed by atoms with van der Waals surface area (Å²) in [5.74, 6) is 1.15. The molecule has 0 aliphatic carbocycles. The van der Waals surface area contributed by atoms with Crippen LogP contribution in [0.5, 0.6) is 0 Å². The van der Waals surface area contributed by atoms with Crippen molar-refractivity contribution in [3.8, 4) is 0 Å². The smallest absolute Gasteiger partial charge is 0.287 e. The summed E-state index contributed by atoms with van der Waals surface area (Å²) in [6.45, 7) is 3.83. The minimum absolute atomic E-state index is 0. The van der Waals surface area contributed by atoms with Gasteiger partial charge in [-0.25, -0.2) is 0 Å². The molecule has 0 saturated carbocycles. The summed E-state index contributed by atoms with van der Waals surface area (Å²) in [5, 5.41) is 9.62. The van der Waals surface area contributed by atoms with Crippen LogP contribution in [0.3, 0.4) is 0 Å². The lowest BCUT2D eigenvalue weighted by atomic mass is 9.91. The normalized spacial score (nSPS) is 11.0. The summed E-state index contributed by atoms with van der Waals surface area (Å²) in [5.41, 5.74) is 3.35. The second-order valence-corrected chi connectivity index (χ2v) is 7.30. The number of nitrogens with one attached hydrogen (secondary N) is 3. The second-order valence-electron chi connectivity index (χ2n) is 7.30. The van der Waals surface area contributed by atoms with E-state index in [1.807, 2.05) is 19.1 Å². The summed E-state index contributed by atoms with van der Waals surface area (Å²) >= 11 is 0. The first-order chi connectivity index (χ1) is 15.2. The molecule has 7 heteroatoms. The number of nitrogens with zero attached hydrogens (tertiary/aromatic N) is 1. The molecule has 0 fully saturated rings. The van der Waals surface area contributed by atoms with Gasteiger partial charge in [0.15, 0.2) is 11.7 Å². The fourth-order valence-corrected chi connectivity index (χ4v) is 3.40. The predicted molar refractivity (Wildman–Crippen MR) is 140 cm³/mol. The van der Waals surface area contributed by atoms with Gasteiger partial charge >= 0.3 is 0 Å². The molecule has 0 unspecified atom stereocenters. The molecule has 3 N–H and O–H groups in total. The van der Waals surface area contributed by atoms with Gasteiger partial charge in [0.2, 0.25) is 0 Å². The predicted octanol–water partition coefficient (Wildman–Crippen LogP) is 4.32. The topological polar surface area (TPSA) is 78.7 Å². The molecule has 6 nitrogen and oxygen atoms in total. The van der Waals surface area contributed by atoms with E-state index in [0.717, 1.165) is 24.5 Å². The standard InChI is InChI=1S/C25H30N4O2.HI/c1-19-14-17-31-23(19)24(30)27-15-9-16-28-25(26-2)29-18-22(20-10-5-3-6-11-20)21-12-7-4-8-13-21;/h3-8,10-14,17,22H,9,15-16,18H2,1-2H3,(H,27,30)(H2,26,28,29);1H. The SMILES string of the molecule is CN=C(NCCCNC(=O)c1occc1C)NCC(c1ccccc1)c1ccccc1.I. The van der Waals surface area contributed by atoms with E-state index < -0.39 is 0 Å². The van der Waals surface area contributed by atoms with Crippen LogP contribution in [-0.2, 0) is 0 Å². The summed E-state index contributed by atoms with van der Waals surface area (Å²) in [6.07, 6.45) is 2.30. The Hall–Kier alpha value is -2.81. The highest BCUT2D eigenvalue weighted by molar-refractivity contribution is 14.0. The van der Waals surface area contributed by atoms with Crippen LogP contribution in [0.1, 0.15) is 39.6 Å². The largest absolute Gasteiger partial charge is 0.459 e. The van der Waals surface area contributed by atoms with E-state index in [2.05, 4.69) is 69.5 Å². The van der Waals surface area contributed by atoms with Gasteiger partial charge in [0, 0.05) is 38.2 Å². The summed E-state index contributed by atoms with van der Waals surface area (Å²) in [7, 11) is 1.76. The lowest BCUT2D eigenvalue weighted by Crippen LogP contribution is -2.40. The number of halogens is 1. The van der Waals surface area contributed by atoms with Gasteiger partial charge in [-0.1, -0.05) is 60.7 Å². The van der Waals surface area contributed by atoms with Gasteiger partial charge in [0.05, 0.1) is 6.26 Å². The van der Waals surface area contributed by atoms with Crippen LogP contribution in [0.2, 0.25) is 0 Å². The highest BCUT2D eigenvalue weighted by atomic mass is 127. The number of hydrogen-bond donors (Lipinski definition) is 3. The molecule has 32 heavy (non-hydrogen) atoms. The van der Waals surface area contributed by atoms with Crippen molar-refractivity contribution in [2.24, 2.45) is 4.99 Å². The van der Waals surface area contributed by atoms with E-state index in [9.17, 15) is 4.79 Å². The number of benzene rings is 2. The molecule has 0 aliphatic rings.